The molecule has 2 aliphatic rings. The number of methoxy groups -OCH3 is 1. The van der Waals surface area contributed by atoms with Gasteiger partial charge in [-0.05, 0) is 49.4 Å². The molecule has 0 bridgehead atoms. The lowest BCUT2D eigenvalue weighted by Crippen LogP contribution is -2.42. The molecule has 2 aromatic rings. The number of rotatable bonds is 6. The van der Waals surface area contributed by atoms with Gasteiger partial charge in [0.2, 0.25) is 11.8 Å². The second-order valence-electron chi connectivity index (χ2n) is 8.58. The molecule has 2 unspecified atom stereocenters. The highest BCUT2D eigenvalue weighted by molar-refractivity contribution is 6.03. The van der Waals surface area contributed by atoms with Crippen molar-refractivity contribution < 1.29 is 14.3 Å². The minimum atomic E-state index is -0.187. The molecule has 2 atom stereocenters. The molecule has 32 heavy (non-hydrogen) atoms. The van der Waals surface area contributed by atoms with E-state index in [1.54, 1.807) is 12.1 Å². The molecule has 2 heterocycles. The van der Waals surface area contributed by atoms with Gasteiger partial charge in [-0.2, -0.15) is 5.10 Å². The molecule has 2 aliphatic heterocycles. The van der Waals surface area contributed by atoms with Gasteiger partial charge in [-0.3, -0.25) is 9.59 Å². The van der Waals surface area contributed by atoms with Crippen molar-refractivity contribution in [1.29, 1.82) is 0 Å². The molecule has 1 saturated heterocycles. The van der Waals surface area contributed by atoms with Crippen molar-refractivity contribution in [3.8, 4) is 5.75 Å². The molecule has 6 heteroatoms. The van der Waals surface area contributed by atoms with Crippen molar-refractivity contribution in [1.82, 2.24) is 9.91 Å². The van der Waals surface area contributed by atoms with E-state index in [4.69, 9.17) is 9.84 Å². The Morgan fingerprint density at radius 3 is 2.41 bits per heavy atom. The van der Waals surface area contributed by atoms with Crippen LogP contribution in [0.3, 0.4) is 0 Å². The quantitative estimate of drug-likeness (QED) is 0.671. The lowest BCUT2D eigenvalue weighted by Gasteiger charge is -2.33. The van der Waals surface area contributed by atoms with Crippen molar-refractivity contribution in [3.05, 3.63) is 65.7 Å². The minimum Gasteiger partial charge on any atom is -0.497 e. The molecule has 2 amide bonds. The molecule has 0 aromatic heterocycles. The molecule has 2 aromatic carbocycles. The van der Waals surface area contributed by atoms with Crippen LogP contribution in [0, 0.1) is 0 Å². The molecule has 4 rings (SSSR count). The van der Waals surface area contributed by atoms with Gasteiger partial charge in [0.05, 0.1) is 18.9 Å². The van der Waals surface area contributed by atoms with Crippen molar-refractivity contribution in [3.63, 3.8) is 0 Å². The normalized spacial score (nSPS) is 20.8. The zero-order chi connectivity index (χ0) is 22.5. The number of nitrogens with zero attached hydrogens (tertiary/aromatic N) is 3. The Kier molecular flexibility index (Phi) is 6.88. The topological polar surface area (TPSA) is 62.2 Å². The standard InChI is InChI=1S/C26H31N3O3/c1-19-8-6-7-17-28(19)25(30)15-16-26(31)29-24(21-11-13-22(32-2)14-12-21)18-23(27-29)20-9-4-3-5-10-20/h3-5,9-14,19,24H,6-8,15-18H2,1-2H3. The lowest BCUT2D eigenvalue weighted by atomic mass is 9.98. The van der Waals surface area contributed by atoms with Crippen molar-refractivity contribution >= 4 is 17.5 Å². The number of hydrogen-bond acceptors (Lipinski definition) is 4. The summed E-state index contributed by atoms with van der Waals surface area (Å²) in [5.41, 5.74) is 2.90. The molecule has 168 valence electrons. The Morgan fingerprint density at radius 2 is 1.72 bits per heavy atom. The first kappa shape index (κ1) is 22.1. The molecule has 1 fully saturated rings. The Labute approximate surface area is 189 Å². The third-order valence-electron chi connectivity index (χ3n) is 6.45. The Hall–Kier alpha value is -3.15. The molecule has 6 nitrogen and oxygen atoms in total. The second-order valence-corrected chi connectivity index (χ2v) is 8.58. The van der Waals surface area contributed by atoms with Crippen LogP contribution in [-0.2, 0) is 9.59 Å². The summed E-state index contributed by atoms with van der Waals surface area (Å²) in [5.74, 6) is 0.725. The predicted octanol–water partition coefficient (Wildman–Crippen LogP) is 4.55. The molecule has 0 N–H and O–H groups in total. The highest BCUT2D eigenvalue weighted by atomic mass is 16.5. The number of carbonyl (C=O) groups excluding carboxylic acids is 2. The summed E-state index contributed by atoms with van der Waals surface area (Å²) >= 11 is 0. The maximum atomic E-state index is 13.2. The van der Waals surface area contributed by atoms with Gasteiger partial charge in [0, 0.05) is 31.8 Å². The van der Waals surface area contributed by atoms with Gasteiger partial charge >= 0.3 is 0 Å². The van der Waals surface area contributed by atoms with Gasteiger partial charge in [0.25, 0.3) is 0 Å². The van der Waals surface area contributed by atoms with Gasteiger partial charge in [0.1, 0.15) is 5.75 Å². The summed E-state index contributed by atoms with van der Waals surface area (Å²) in [6.07, 6.45) is 4.28. The fraction of sp³-hybridized carbons (Fsp3) is 0.423. The van der Waals surface area contributed by atoms with Crippen molar-refractivity contribution in [2.24, 2.45) is 5.10 Å². The van der Waals surface area contributed by atoms with Crippen molar-refractivity contribution in [2.75, 3.05) is 13.7 Å². The van der Waals surface area contributed by atoms with E-state index in [0.717, 1.165) is 48.4 Å². The smallest absolute Gasteiger partial charge is 0.243 e. The highest BCUT2D eigenvalue weighted by Gasteiger charge is 2.33. The number of ether oxygens (including phenoxy) is 1. The Bertz CT molecular complexity index is 972. The van der Waals surface area contributed by atoms with Gasteiger partial charge in [0.15, 0.2) is 0 Å². The van der Waals surface area contributed by atoms with Crippen LogP contribution in [0.2, 0.25) is 0 Å². The van der Waals surface area contributed by atoms with Gasteiger partial charge in [-0.1, -0.05) is 42.5 Å². The summed E-state index contributed by atoms with van der Waals surface area (Å²) in [6, 6.07) is 17.8. The summed E-state index contributed by atoms with van der Waals surface area (Å²) in [6.45, 7) is 2.89. The number of piperidine rings is 1. The summed E-state index contributed by atoms with van der Waals surface area (Å²) < 4.78 is 5.28. The summed E-state index contributed by atoms with van der Waals surface area (Å²) in [5, 5.41) is 6.29. The van der Waals surface area contributed by atoms with E-state index >= 15 is 0 Å². The van der Waals surface area contributed by atoms with Crippen LogP contribution in [0.25, 0.3) is 0 Å². The van der Waals surface area contributed by atoms with Gasteiger partial charge < -0.3 is 9.64 Å². The fourth-order valence-corrected chi connectivity index (χ4v) is 4.57. The van der Waals surface area contributed by atoms with Crippen molar-refractivity contribution in [2.45, 2.75) is 57.5 Å². The van der Waals surface area contributed by atoms with Gasteiger partial charge in [-0.15, -0.1) is 0 Å². The highest BCUT2D eigenvalue weighted by Crippen LogP contribution is 2.34. The number of benzene rings is 2. The van der Waals surface area contributed by atoms with E-state index in [0.29, 0.717) is 6.42 Å². The molecule has 0 radical (unpaired) electrons. The van der Waals surface area contributed by atoms with E-state index in [-0.39, 0.29) is 36.7 Å². The maximum absolute atomic E-state index is 13.2. The van der Waals surface area contributed by atoms with Crippen LogP contribution in [0.5, 0.6) is 5.75 Å². The summed E-state index contributed by atoms with van der Waals surface area (Å²) in [7, 11) is 1.64. The maximum Gasteiger partial charge on any atom is 0.243 e. The number of hydrazone groups is 1. The van der Waals surface area contributed by atoms with Gasteiger partial charge in [-0.25, -0.2) is 5.01 Å². The largest absolute Gasteiger partial charge is 0.497 e. The third kappa shape index (κ3) is 4.85. The number of amides is 2. The zero-order valence-electron chi connectivity index (χ0n) is 18.9. The monoisotopic (exact) mass is 433 g/mol. The molecule has 0 saturated carbocycles. The van der Waals surface area contributed by atoms with Crippen LogP contribution in [0.15, 0.2) is 59.7 Å². The Morgan fingerprint density at radius 1 is 1.00 bits per heavy atom. The zero-order valence-corrected chi connectivity index (χ0v) is 18.9. The van der Waals surface area contributed by atoms with Crippen LogP contribution in [0.1, 0.15) is 62.6 Å². The predicted molar refractivity (Wildman–Crippen MR) is 124 cm³/mol. The van der Waals surface area contributed by atoms with Crippen LogP contribution in [-0.4, -0.2) is 47.1 Å². The van der Waals surface area contributed by atoms with Crippen LogP contribution < -0.4 is 4.74 Å². The number of hydrogen-bond donors (Lipinski definition) is 0. The van der Waals surface area contributed by atoms with Crippen LogP contribution in [0.4, 0.5) is 0 Å². The van der Waals surface area contributed by atoms with E-state index in [2.05, 4.69) is 6.92 Å². The van der Waals surface area contributed by atoms with E-state index < -0.39 is 0 Å². The second kappa shape index (κ2) is 9.98. The number of carbonyl (C=O) groups is 2. The molecule has 0 spiro atoms. The SMILES string of the molecule is COc1ccc(C2CC(c3ccccc3)=NN2C(=O)CCC(=O)N2CCCCC2C)cc1. The minimum absolute atomic E-state index is 0.0676. The fourth-order valence-electron chi connectivity index (χ4n) is 4.57. The first-order valence-electron chi connectivity index (χ1n) is 11.4. The average Bonchev–Trinajstić information content (AvgIpc) is 3.29. The first-order valence-corrected chi connectivity index (χ1v) is 11.4. The number of likely N-dealkylation sites (tertiary alicyclic amines) is 1. The first-order chi connectivity index (χ1) is 15.6. The van der Waals surface area contributed by atoms with E-state index in [1.165, 1.54) is 0 Å². The molecule has 0 aliphatic carbocycles. The summed E-state index contributed by atoms with van der Waals surface area (Å²) in [4.78, 5) is 27.9. The third-order valence-corrected chi connectivity index (χ3v) is 6.45. The van der Waals surface area contributed by atoms with E-state index in [1.807, 2.05) is 59.5 Å². The average molecular weight is 434 g/mol. The molecular weight excluding hydrogens is 402 g/mol. The van der Waals surface area contributed by atoms with Crippen LogP contribution >= 0.6 is 0 Å². The molecular formula is C26H31N3O3. The lowest BCUT2D eigenvalue weighted by molar-refractivity contribution is -0.139. The van der Waals surface area contributed by atoms with E-state index in [9.17, 15) is 9.59 Å². The Balaban J connectivity index is 1.50.